The Morgan fingerprint density at radius 2 is 1.90 bits per heavy atom. The zero-order chi connectivity index (χ0) is 14.7. The molecule has 0 fully saturated rings. The Hall–Kier alpha value is -0.970. The Morgan fingerprint density at radius 3 is 2.50 bits per heavy atom. The summed E-state index contributed by atoms with van der Waals surface area (Å²) in [5.74, 6) is 0.639. The molecule has 1 N–H and O–H groups in total. The van der Waals surface area contributed by atoms with Gasteiger partial charge in [0.25, 0.3) is 0 Å². The van der Waals surface area contributed by atoms with Gasteiger partial charge in [-0.3, -0.25) is 0 Å². The molecule has 0 saturated carbocycles. The number of benzene rings is 1. The summed E-state index contributed by atoms with van der Waals surface area (Å²) in [6.45, 7) is 7.73. The first-order valence-electron chi connectivity index (χ1n) is 7.24. The standard InChI is InChI=1S/C16H25N3S/c1-11(2)14(19(4)5)10-17-12(3)16-18-13-8-6-7-9-15(13)20-16/h6-9,11-12,14,17H,10H2,1-5H3. The summed E-state index contributed by atoms with van der Waals surface area (Å²) in [6.07, 6.45) is 0. The van der Waals surface area contributed by atoms with Gasteiger partial charge < -0.3 is 10.2 Å². The molecule has 2 atom stereocenters. The van der Waals surface area contributed by atoms with E-state index in [4.69, 9.17) is 4.98 Å². The molecule has 0 aliphatic heterocycles. The third-order valence-electron chi connectivity index (χ3n) is 3.75. The van der Waals surface area contributed by atoms with Crippen molar-refractivity contribution in [1.82, 2.24) is 15.2 Å². The number of nitrogens with zero attached hydrogens (tertiary/aromatic N) is 2. The van der Waals surface area contributed by atoms with Gasteiger partial charge in [0.2, 0.25) is 0 Å². The monoisotopic (exact) mass is 291 g/mol. The lowest BCUT2D eigenvalue weighted by molar-refractivity contribution is 0.220. The average molecular weight is 291 g/mol. The number of hydrogen-bond acceptors (Lipinski definition) is 4. The van der Waals surface area contributed by atoms with E-state index in [2.05, 4.69) is 63.3 Å². The topological polar surface area (TPSA) is 28.2 Å². The Labute approximate surface area is 126 Å². The summed E-state index contributed by atoms with van der Waals surface area (Å²) < 4.78 is 1.27. The molecule has 1 aromatic heterocycles. The second kappa shape index (κ2) is 6.66. The lowest BCUT2D eigenvalue weighted by Crippen LogP contribution is -2.42. The Kier molecular flexibility index (Phi) is 5.13. The zero-order valence-corrected chi connectivity index (χ0v) is 13.9. The van der Waals surface area contributed by atoms with Crippen LogP contribution in [0.4, 0.5) is 0 Å². The molecule has 1 heterocycles. The predicted octanol–water partition coefficient (Wildman–Crippen LogP) is 3.53. The van der Waals surface area contributed by atoms with Gasteiger partial charge in [-0.2, -0.15) is 0 Å². The van der Waals surface area contributed by atoms with Crippen LogP contribution in [0.3, 0.4) is 0 Å². The Bertz CT molecular complexity index is 506. The number of nitrogens with one attached hydrogen (secondary N) is 1. The van der Waals surface area contributed by atoms with Crippen LogP contribution in [-0.2, 0) is 0 Å². The van der Waals surface area contributed by atoms with Gasteiger partial charge in [0.1, 0.15) is 5.01 Å². The van der Waals surface area contributed by atoms with Gasteiger partial charge >= 0.3 is 0 Å². The second-order valence-corrected chi connectivity index (χ2v) is 6.99. The van der Waals surface area contributed by atoms with Crippen LogP contribution in [0.2, 0.25) is 0 Å². The Balaban J connectivity index is 2.02. The van der Waals surface area contributed by atoms with Gasteiger partial charge in [0.15, 0.2) is 0 Å². The van der Waals surface area contributed by atoms with E-state index < -0.39 is 0 Å². The molecule has 0 bridgehead atoms. The van der Waals surface area contributed by atoms with Crippen LogP contribution >= 0.6 is 11.3 Å². The van der Waals surface area contributed by atoms with Crippen molar-refractivity contribution >= 4 is 21.6 Å². The predicted molar refractivity (Wildman–Crippen MR) is 88.4 cm³/mol. The highest BCUT2D eigenvalue weighted by Crippen LogP contribution is 2.26. The fourth-order valence-corrected chi connectivity index (χ4v) is 3.47. The van der Waals surface area contributed by atoms with E-state index in [1.807, 2.05) is 6.07 Å². The van der Waals surface area contributed by atoms with Crippen molar-refractivity contribution in [3.63, 3.8) is 0 Å². The lowest BCUT2D eigenvalue weighted by atomic mass is 10.0. The molecule has 110 valence electrons. The van der Waals surface area contributed by atoms with Crippen molar-refractivity contribution < 1.29 is 0 Å². The number of likely N-dealkylation sites (N-methyl/N-ethyl adjacent to an activating group) is 1. The maximum atomic E-state index is 4.72. The first-order chi connectivity index (χ1) is 9.49. The van der Waals surface area contributed by atoms with Crippen LogP contribution in [-0.4, -0.2) is 36.6 Å². The van der Waals surface area contributed by atoms with Gasteiger partial charge in [-0.05, 0) is 39.1 Å². The highest BCUT2D eigenvalue weighted by atomic mass is 32.1. The smallest absolute Gasteiger partial charge is 0.111 e. The first-order valence-corrected chi connectivity index (χ1v) is 8.06. The minimum atomic E-state index is 0.300. The molecule has 0 amide bonds. The zero-order valence-electron chi connectivity index (χ0n) is 13.1. The first kappa shape index (κ1) is 15.4. The van der Waals surface area contributed by atoms with Gasteiger partial charge in [0.05, 0.1) is 16.3 Å². The molecule has 0 aliphatic carbocycles. The second-order valence-electron chi connectivity index (χ2n) is 5.92. The van der Waals surface area contributed by atoms with Gasteiger partial charge in [-0.25, -0.2) is 4.98 Å². The summed E-state index contributed by atoms with van der Waals surface area (Å²) in [6, 6.07) is 9.19. The van der Waals surface area contributed by atoms with Crippen LogP contribution in [0, 0.1) is 5.92 Å². The summed E-state index contributed by atoms with van der Waals surface area (Å²) in [5, 5.41) is 4.80. The van der Waals surface area contributed by atoms with Gasteiger partial charge in [-0.1, -0.05) is 26.0 Å². The maximum absolute atomic E-state index is 4.72. The molecule has 0 radical (unpaired) electrons. The molecule has 0 saturated heterocycles. The molecule has 2 rings (SSSR count). The van der Waals surface area contributed by atoms with Crippen molar-refractivity contribution in [1.29, 1.82) is 0 Å². The van der Waals surface area contributed by atoms with Crippen LogP contribution in [0.1, 0.15) is 31.8 Å². The third kappa shape index (κ3) is 3.57. The Morgan fingerprint density at radius 1 is 1.20 bits per heavy atom. The maximum Gasteiger partial charge on any atom is 0.111 e. The van der Waals surface area contributed by atoms with Crippen molar-refractivity contribution in [2.75, 3.05) is 20.6 Å². The molecule has 2 aromatic rings. The highest BCUT2D eigenvalue weighted by Gasteiger charge is 2.18. The molecule has 2 unspecified atom stereocenters. The average Bonchev–Trinajstić information content (AvgIpc) is 2.81. The lowest BCUT2D eigenvalue weighted by Gasteiger charge is -2.29. The van der Waals surface area contributed by atoms with Crippen molar-refractivity contribution in [3.8, 4) is 0 Å². The number of para-hydroxylation sites is 1. The van der Waals surface area contributed by atoms with E-state index in [0.29, 0.717) is 18.0 Å². The van der Waals surface area contributed by atoms with Gasteiger partial charge in [-0.15, -0.1) is 11.3 Å². The summed E-state index contributed by atoms with van der Waals surface area (Å²) in [7, 11) is 4.30. The van der Waals surface area contributed by atoms with Gasteiger partial charge in [0, 0.05) is 12.6 Å². The minimum absolute atomic E-state index is 0.300. The fraction of sp³-hybridized carbons (Fsp3) is 0.562. The van der Waals surface area contributed by atoms with E-state index in [-0.39, 0.29) is 0 Å². The van der Waals surface area contributed by atoms with Crippen molar-refractivity contribution in [3.05, 3.63) is 29.3 Å². The minimum Gasteiger partial charge on any atom is -0.307 e. The quantitative estimate of drug-likeness (QED) is 0.882. The number of thiazole rings is 1. The SMILES string of the molecule is CC(NCC(C(C)C)N(C)C)c1nc2ccccc2s1. The molecule has 3 nitrogen and oxygen atoms in total. The molecule has 0 aliphatic rings. The number of rotatable bonds is 6. The summed E-state index contributed by atoms with van der Waals surface area (Å²) in [4.78, 5) is 7.02. The fourth-order valence-electron chi connectivity index (χ4n) is 2.47. The van der Waals surface area contributed by atoms with E-state index in [9.17, 15) is 0 Å². The molecular weight excluding hydrogens is 266 g/mol. The summed E-state index contributed by atoms with van der Waals surface area (Å²) in [5.41, 5.74) is 1.11. The van der Waals surface area contributed by atoms with E-state index in [0.717, 1.165) is 12.1 Å². The van der Waals surface area contributed by atoms with Crippen LogP contribution in [0.5, 0.6) is 0 Å². The molecule has 20 heavy (non-hydrogen) atoms. The van der Waals surface area contributed by atoms with Crippen LogP contribution < -0.4 is 5.32 Å². The molecular formula is C16H25N3S. The molecule has 4 heteroatoms. The molecule has 0 spiro atoms. The number of hydrogen-bond donors (Lipinski definition) is 1. The third-order valence-corrected chi connectivity index (χ3v) is 4.97. The van der Waals surface area contributed by atoms with E-state index in [1.54, 1.807) is 11.3 Å². The summed E-state index contributed by atoms with van der Waals surface area (Å²) >= 11 is 1.79. The largest absolute Gasteiger partial charge is 0.307 e. The molecule has 1 aromatic carbocycles. The van der Waals surface area contributed by atoms with E-state index in [1.165, 1.54) is 9.71 Å². The van der Waals surface area contributed by atoms with E-state index >= 15 is 0 Å². The number of aromatic nitrogens is 1. The van der Waals surface area contributed by atoms with Crippen LogP contribution in [0.25, 0.3) is 10.2 Å². The normalized spacial score (nSPS) is 15.2. The number of fused-ring (bicyclic) bond motifs is 1. The van der Waals surface area contributed by atoms with Crippen molar-refractivity contribution in [2.45, 2.75) is 32.9 Å². The van der Waals surface area contributed by atoms with Crippen molar-refractivity contribution in [2.24, 2.45) is 5.92 Å². The van der Waals surface area contributed by atoms with Crippen LogP contribution in [0.15, 0.2) is 24.3 Å². The highest BCUT2D eigenvalue weighted by molar-refractivity contribution is 7.18.